The van der Waals surface area contributed by atoms with E-state index in [-0.39, 0.29) is 5.91 Å². The van der Waals surface area contributed by atoms with E-state index in [4.69, 9.17) is 5.73 Å². The average molecular weight is 362 g/mol. The average Bonchev–Trinajstić information content (AvgIpc) is 2.67. The van der Waals surface area contributed by atoms with Gasteiger partial charge in [0.15, 0.2) is 0 Å². The van der Waals surface area contributed by atoms with Gasteiger partial charge in [0.05, 0.1) is 0 Å². The first kappa shape index (κ1) is 18.3. The van der Waals surface area contributed by atoms with Gasteiger partial charge in [-0.3, -0.25) is 4.79 Å². The molecule has 2 aromatic carbocycles. The summed E-state index contributed by atoms with van der Waals surface area (Å²) in [6.07, 6.45) is 5.35. The monoisotopic (exact) mass is 361 g/mol. The fraction of sp³-hybridized carbons (Fsp3) is 0.480. The topological polar surface area (TPSA) is 43.1 Å². The van der Waals surface area contributed by atoms with E-state index in [9.17, 15) is 4.79 Å². The van der Waals surface area contributed by atoms with Gasteiger partial charge >= 0.3 is 0 Å². The largest absolute Gasteiger partial charge is 0.366 e. The lowest BCUT2D eigenvalue weighted by atomic mass is 9.43. The Morgan fingerprint density at radius 3 is 2.44 bits per heavy atom. The van der Waals surface area contributed by atoms with Crippen LogP contribution in [0.4, 0.5) is 0 Å². The molecule has 3 aliphatic rings. The third-order valence-corrected chi connectivity index (χ3v) is 7.75. The first-order valence-electron chi connectivity index (χ1n) is 10.4. The van der Waals surface area contributed by atoms with Crippen LogP contribution in [-0.4, -0.2) is 5.91 Å². The lowest BCUT2D eigenvalue weighted by Crippen LogP contribution is -2.54. The number of fused-ring (bicyclic) bond motifs is 2. The summed E-state index contributed by atoms with van der Waals surface area (Å²) in [5.74, 6) is 3.25. The SMILES string of the molecule is C[C@H]1[C@H](CCc2ccc(-c3cccc(C(N)=O)c3)cc2)C[C@H]2C[C@@H]1C2(C)C. The van der Waals surface area contributed by atoms with Crippen LogP contribution in [0.2, 0.25) is 0 Å². The van der Waals surface area contributed by atoms with Gasteiger partial charge < -0.3 is 5.73 Å². The molecule has 0 aliphatic heterocycles. The van der Waals surface area contributed by atoms with Crippen LogP contribution in [0.25, 0.3) is 11.1 Å². The third-order valence-electron chi connectivity index (χ3n) is 7.75. The Balaban J connectivity index is 1.39. The Kier molecular flexibility index (Phi) is 4.61. The first-order chi connectivity index (χ1) is 12.9. The van der Waals surface area contributed by atoms with Crippen LogP contribution in [0.3, 0.4) is 0 Å². The Labute approximate surface area is 163 Å². The molecule has 0 unspecified atom stereocenters. The molecule has 3 saturated carbocycles. The lowest BCUT2D eigenvalue weighted by molar-refractivity contribution is -0.129. The Hall–Kier alpha value is -2.09. The molecule has 3 fully saturated rings. The second-order valence-corrected chi connectivity index (χ2v) is 9.40. The van der Waals surface area contributed by atoms with Crippen LogP contribution in [0.15, 0.2) is 48.5 Å². The van der Waals surface area contributed by atoms with E-state index < -0.39 is 0 Å². The van der Waals surface area contributed by atoms with E-state index in [2.05, 4.69) is 45.0 Å². The molecule has 2 aromatic rings. The van der Waals surface area contributed by atoms with Crippen LogP contribution in [0.1, 0.15) is 56.0 Å². The smallest absolute Gasteiger partial charge is 0.248 e. The molecule has 3 aliphatic carbocycles. The quantitative estimate of drug-likeness (QED) is 0.729. The van der Waals surface area contributed by atoms with Gasteiger partial charge in [-0.15, -0.1) is 0 Å². The van der Waals surface area contributed by atoms with Crippen molar-refractivity contribution in [2.75, 3.05) is 0 Å². The molecule has 27 heavy (non-hydrogen) atoms. The molecule has 2 nitrogen and oxygen atoms in total. The van der Waals surface area contributed by atoms with E-state index in [1.165, 1.54) is 24.8 Å². The summed E-state index contributed by atoms with van der Waals surface area (Å²) in [5.41, 5.74) is 10.1. The zero-order chi connectivity index (χ0) is 19.2. The van der Waals surface area contributed by atoms with Gasteiger partial charge in [0.1, 0.15) is 0 Å². The van der Waals surface area contributed by atoms with Gasteiger partial charge in [-0.05, 0) is 83.6 Å². The van der Waals surface area contributed by atoms with Gasteiger partial charge in [0, 0.05) is 5.56 Å². The Morgan fingerprint density at radius 1 is 1.07 bits per heavy atom. The summed E-state index contributed by atoms with van der Waals surface area (Å²) >= 11 is 0. The fourth-order valence-electron chi connectivity index (χ4n) is 5.71. The van der Waals surface area contributed by atoms with Gasteiger partial charge in [0.25, 0.3) is 0 Å². The molecule has 2 N–H and O–H groups in total. The van der Waals surface area contributed by atoms with Crippen LogP contribution >= 0.6 is 0 Å². The molecule has 142 valence electrons. The minimum Gasteiger partial charge on any atom is -0.366 e. The van der Waals surface area contributed by atoms with E-state index in [1.807, 2.05) is 18.2 Å². The highest BCUT2D eigenvalue weighted by molar-refractivity contribution is 5.94. The molecule has 0 aromatic heterocycles. The standard InChI is InChI=1S/C25H31NO/c1-16-19(14-22-15-23(16)25(22,2)3)12-9-17-7-10-18(11-8-17)20-5-4-6-21(13-20)24(26)27/h4-8,10-11,13,16,19,22-23H,9,12,14-15H2,1-3H3,(H2,26,27)/t16-,19+,22-,23-/m0/s1. The summed E-state index contributed by atoms with van der Waals surface area (Å²) in [5, 5.41) is 0. The van der Waals surface area contributed by atoms with Crippen LogP contribution in [-0.2, 0) is 6.42 Å². The zero-order valence-corrected chi connectivity index (χ0v) is 16.7. The number of hydrogen-bond acceptors (Lipinski definition) is 1. The van der Waals surface area contributed by atoms with Crippen LogP contribution in [0.5, 0.6) is 0 Å². The highest BCUT2D eigenvalue weighted by atomic mass is 16.1. The number of nitrogens with two attached hydrogens (primary N) is 1. The van der Waals surface area contributed by atoms with Crippen molar-refractivity contribution in [1.29, 1.82) is 0 Å². The number of aryl methyl sites for hydroxylation is 1. The summed E-state index contributed by atoms with van der Waals surface area (Å²) in [4.78, 5) is 11.4. The van der Waals surface area contributed by atoms with Crippen LogP contribution in [0, 0.1) is 29.1 Å². The van der Waals surface area contributed by atoms with Crippen molar-refractivity contribution in [1.82, 2.24) is 0 Å². The Bertz CT molecular complexity index is 836. The molecular formula is C25H31NO. The van der Waals surface area contributed by atoms with Crippen LogP contribution < -0.4 is 5.73 Å². The number of hydrogen-bond donors (Lipinski definition) is 1. The number of amides is 1. The van der Waals surface area contributed by atoms with E-state index in [0.29, 0.717) is 11.0 Å². The molecule has 4 atom stereocenters. The van der Waals surface area contributed by atoms with E-state index in [1.54, 1.807) is 6.07 Å². The predicted octanol–water partition coefficient (Wildman–Crippen LogP) is 5.70. The molecule has 5 rings (SSSR count). The van der Waals surface area contributed by atoms with Gasteiger partial charge in [-0.1, -0.05) is 57.2 Å². The molecule has 0 heterocycles. The minimum atomic E-state index is -0.378. The normalized spacial score (nSPS) is 28.4. The van der Waals surface area contributed by atoms with Crippen molar-refractivity contribution in [2.45, 2.75) is 46.5 Å². The maximum atomic E-state index is 11.4. The molecule has 0 saturated heterocycles. The van der Waals surface area contributed by atoms with Crippen molar-refractivity contribution in [3.8, 4) is 11.1 Å². The molecule has 2 bridgehead atoms. The molecule has 0 spiro atoms. The predicted molar refractivity (Wildman–Crippen MR) is 111 cm³/mol. The third kappa shape index (κ3) is 3.31. The molecule has 0 radical (unpaired) electrons. The molecule has 2 heteroatoms. The van der Waals surface area contributed by atoms with Crippen molar-refractivity contribution < 1.29 is 4.79 Å². The second kappa shape index (κ2) is 6.82. The summed E-state index contributed by atoms with van der Waals surface area (Å²) in [6.45, 7) is 7.44. The summed E-state index contributed by atoms with van der Waals surface area (Å²) in [6, 6.07) is 16.4. The summed E-state index contributed by atoms with van der Waals surface area (Å²) in [7, 11) is 0. The Morgan fingerprint density at radius 2 is 1.81 bits per heavy atom. The summed E-state index contributed by atoms with van der Waals surface area (Å²) < 4.78 is 0. The maximum Gasteiger partial charge on any atom is 0.248 e. The number of carbonyl (C=O) groups is 1. The first-order valence-corrected chi connectivity index (χ1v) is 10.4. The van der Waals surface area contributed by atoms with Gasteiger partial charge in [0.2, 0.25) is 5.91 Å². The number of carbonyl (C=O) groups excluding carboxylic acids is 1. The highest BCUT2D eigenvalue weighted by Crippen LogP contribution is 2.63. The van der Waals surface area contributed by atoms with Crippen molar-refractivity contribution >= 4 is 5.91 Å². The maximum absolute atomic E-state index is 11.4. The van der Waals surface area contributed by atoms with Crippen molar-refractivity contribution in [3.63, 3.8) is 0 Å². The van der Waals surface area contributed by atoms with Gasteiger partial charge in [-0.2, -0.15) is 0 Å². The lowest BCUT2D eigenvalue weighted by Gasteiger charge is -2.62. The second-order valence-electron chi connectivity index (χ2n) is 9.40. The number of primary amides is 1. The fourth-order valence-corrected chi connectivity index (χ4v) is 5.71. The van der Waals surface area contributed by atoms with E-state index >= 15 is 0 Å². The van der Waals surface area contributed by atoms with E-state index in [0.717, 1.165) is 41.2 Å². The number of rotatable bonds is 5. The zero-order valence-electron chi connectivity index (χ0n) is 16.7. The van der Waals surface area contributed by atoms with Gasteiger partial charge in [-0.25, -0.2) is 0 Å². The minimum absolute atomic E-state index is 0.378. The number of benzene rings is 2. The molecule has 1 amide bonds. The van der Waals surface area contributed by atoms with Crippen molar-refractivity contribution in [2.24, 2.45) is 34.8 Å². The molecular weight excluding hydrogens is 330 g/mol. The highest BCUT2D eigenvalue weighted by Gasteiger charge is 2.55. The van der Waals surface area contributed by atoms with Crippen molar-refractivity contribution in [3.05, 3.63) is 59.7 Å².